The van der Waals surface area contributed by atoms with Crippen molar-refractivity contribution < 1.29 is 0 Å². The summed E-state index contributed by atoms with van der Waals surface area (Å²) in [5, 5.41) is 3.57. The molecule has 0 amide bonds. The Morgan fingerprint density at radius 3 is 2.89 bits per heavy atom. The van der Waals surface area contributed by atoms with Gasteiger partial charge in [-0.05, 0) is 33.8 Å². The van der Waals surface area contributed by atoms with Crippen LogP contribution >= 0.6 is 39.3 Å². The molecule has 9 heteroatoms. The summed E-state index contributed by atoms with van der Waals surface area (Å²) in [5.41, 5.74) is -1.61. The van der Waals surface area contributed by atoms with Gasteiger partial charge in [-0.15, -0.1) is 0 Å². The Labute approximate surface area is 119 Å². The number of hydrogen-bond donors (Lipinski definition) is 1. The molecule has 0 bridgehead atoms. The molecule has 0 aliphatic heterocycles. The van der Waals surface area contributed by atoms with Crippen molar-refractivity contribution in [3.8, 4) is 0 Å². The van der Waals surface area contributed by atoms with Crippen LogP contribution in [0.15, 0.2) is 36.5 Å². The Kier molecular flexibility index (Phi) is 3.88. The second kappa shape index (κ2) is 5.25. The van der Waals surface area contributed by atoms with Crippen LogP contribution in [0.4, 0.5) is 0 Å². The van der Waals surface area contributed by atoms with Crippen LogP contribution in [-0.2, 0) is 7.05 Å². The molecule has 0 fully saturated rings. The van der Waals surface area contributed by atoms with Crippen LogP contribution in [-0.4, -0.2) is 19.7 Å². The lowest BCUT2D eigenvalue weighted by Crippen LogP contribution is -2.33. The summed E-state index contributed by atoms with van der Waals surface area (Å²) < 4.78 is 2.09. The smallest absolute Gasteiger partial charge is 0.265 e. The minimum atomic E-state index is -0.844. The predicted octanol–water partition coefficient (Wildman–Crippen LogP) is 1.43. The molecule has 0 saturated carbocycles. The van der Waals surface area contributed by atoms with Gasteiger partial charge in [-0.3, -0.25) is 19.4 Å². The number of rotatable bonds is 2. The molecule has 0 unspecified atom stereocenters. The van der Waals surface area contributed by atoms with Crippen molar-refractivity contribution in [1.29, 1.82) is 0 Å². The fraction of sp³-hybridized carbons (Fsp3) is 0.111. The third-order valence-electron chi connectivity index (χ3n) is 1.91. The molecule has 2 heterocycles. The molecule has 0 saturated heterocycles. The highest BCUT2D eigenvalue weighted by Gasteiger charge is 2.10. The molecule has 6 nitrogen and oxygen atoms in total. The van der Waals surface area contributed by atoms with Gasteiger partial charge in [0.05, 0.1) is 5.02 Å². The molecule has 2 aromatic heterocycles. The summed E-state index contributed by atoms with van der Waals surface area (Å²) in [4.78, 5) is 30.0. The molecule has 2 rings (SSSR count). The van der Waals surface area contributed by atoms with E-state index in [1.165, 1.54) is 4.68 Å². The molecular weight excluding hydrogens is 344 g/mol. The van der Waals surface area contributed by atoms with E-state index in [9.17, 15) is 9.59 Å². The van der Waals surface area contributed by atoms with Crippen molar-refractivity contribution in [2.75, 3.05) is 0 Å². The second-order valence-electron chi connectivity index (χ2n) is 3.24. The molecule has 18 heavy (non-hydrogen) atoms. The normalized spacial score (nSPS) is 10.6. The number of pyridine rings is 1. The minimum Gasteiger partial charge on any atom is -0.265 e. The highest BCUT2D eigenvalue weighted by atomic mass is 79.9. The number of halogens is 2. The summed E-state index contributed by atoms with van der Waals surface area (Å²) in [6.45, 7) is 0. The van der Waals surface area contributed by atoms with E-state index in [2.05, 4.69) is 31.0 Å². The minimum absolute atomic E-state index is 0.302. The molecule has 0 aromatic carbocycles. The van der Waals surface area contributed by atoms with Gasteiger partial charge in [-0.25, -0.2) is 4.98 Å². The van der Waals surface area contributed by atoms with Gasteiger partial charge in [-0.2, -0.15) is 4.98 Å². The summed E-state index contributed by atoms with van der Waals surface area (Å²) in [6.07, 6.45) is 1.58. The first-order valence-corrected chi connectivity index (χ1v) is 6.62. The fourth-order valence-corrected chi connectivity index (χ4v) is 2.61. The number of aromatic nitrogens is 4. The van der Waals surface area contributed by atoms with Gasteiger partial charge < -0.3 is 0 Å². The predicted molar refractivity (Wildman–Crippen MR) is 71.2 cm³/mol. The Hall–Kier alpha value is -1.12. The van der Waals surface area contributed by atoms with Crippen LogP contribution in [0, 0.1) is 0 Å². The molecule has 0 atom stereocenters. The zero-order valence-electron chi connectivity index (χ0n) is 8.98. The molecule has 0 radical (unpaired) electrons. The van der Waals surface area contributed by atoms with Crippen molar-refractivity contribution >= 4 is 39.3 Å². The lowest BCUT2D eigenvalue weighted by atomic mass is 10.5. The van der Waals surface area contributed by atoms with E-state index < -0.39 is 11.1 Å². The second-order valence-corrected chi connectivity index (χ2v) is 5.52. The van der Waals surface area contributed by atoms with E-state index in [1.807, 2.05) is 0 Å². The Balaban J connectivity index is 2.43. The zero-order chi connectivity index (χ0) is 13.3. The molecular formula is C9H6BrClN4O2S. The van der Waals surface area contributed by atoms with Gasteiger partial charge in [-0.1, -0.05) is 11.6 Å². The Morgan fingerprint density at radius 2 is 2.22 bits per heavy atom. The van der Waals surface area contributed by atoms with E-state index >= 15 is 0 Å². The first-order chi connectivity index (χ1) is 8.47. The topological polar surface area (TPSA) is 80.6 Å². The van der Waals surface area contributed by atoms with Crippen molar-refractivity contribution in [3.05, 3.63) is 42.5 Å². The van der Waals surface area contributed by atoms with Crippen LogP contribution in [0.25, 0.3) is 0 Å². The summed E-state index contributed by atoms with van der Waals surface area (Å²) in [6, 6.07) is 1.68. The van der Waals surface area contributed by atoms with E-state index in [0.29, 0.717) is 15.2 Å². The largest absolute Gasteiger partial charge is 0.339 e. The van der Waals surface area contributed by atoms with Gasteiger partial charge in [0.1, 0.15) is 5.03 Å². The number of H-pyrrole nitrogens is 1. The quantitative estimate of drug-likeness (QED) is 0.830. The maximum Gasteiger partial charge on any atom is 0.339 e. The summed E-state index contributed by atoms with van der Waals surface area (Å²) in [7, 11) is 1.57. The first kappa shape index (κ1) is 13.3. The average molecular weight is 350 g/mol. The van der Waals surface area contributed by atoms with Crippen LogP contribution < -0.4 is 11.1 Å². The van der Waals surface area contributed by atoms with E-state index in [0.717, 1.165) is 16.2 Å². The highest BCUT2D eigenvalue weighted by molar-refractivity contribution is 9.10. The summed E-state index contributed by atoms with van der Waals surface area (Å²) >= 11 is 10.3. The zero-order valence-corrected chi connectivity index (χ0v) is 12.1. The van der Waals surface area contributed by atoms with Crippen molar-refractivity contribution in [1.82, 2.24) is 19.7 Å². The number of nitrogens with zero attached hydrogens (tertiary/aromatic N) is 3. The molecule has 0 aliphatic rings. The van der Waals surface area contributed by atoms with Gasteiger partial charge in [0.25, 0.3) is 0 Å². The maximum atomic E-state index is 11.2. The van der Waals surface area contributed by atoms with E-state index in [4.69, 9.17) is 11.6 Å². The van der Waals surface area contributed by atoms with Gasteiger partial charge in [0.2, 0.25) is 0 Å². The maximum absolute atomic E-state index is 11.2. The molecule has 0 aliphatic carbocycles. The van der Waals surface area contributed by atoms with Crippen molar-refractivity contribution in [3.63, 3.8) is 0 Å². The van der Waals surface area contributed by atoms with Crippen molar-refractivity contribution in [2.45, 2.75) is 10.2 Å². The van der Waals surface area contributed by atoms with E-state index in [-0.39, 0.29) is 0 Å². The van der Waals surface area contributed by atoms with Crippen LogP contribution in [0.2, 0.25) is 5.02 Å². The number of nitrogens with one attached hydrogen (secondary N) is 1. The molecule has 1 N–H and O–H groups in total. The standard InChI is InChI=1S/C9H6BrClN4O2S/c1-15-9(13-6(16)7(17)14-15)18-8-5(11)2-4(10)3-12-8/h2-3H,1H3,(H,14,17). The van der Waals surface area contributed by atoms with E-state index in [1.54, 1.807) is 19.3 Å². The third kappa shape index (κ3) is 2.82. The fourth-order valence-electron chi connectivity index (χ4n) is 1.12. The lowest BCUT2D eigenvalue weighted by molar-refractivity contribution is 0.596. The Bertz CT molecular complexity index is 714. The highest BCUT2D eigenvalue weighted by Crippen LogP contribution is 2.30. The summed E-state index contributed by atoms with van der Waals surface area (Å²) in [5.74, 6) is 0. The van der Waals surface area contributed by atoms with Gasteiger partial charge >= 0.3 is 11.1 Å². The van der Waals surface area contributed by atoms with Crippen LogP contribution in [0.3, 0.4) is 0 Å². The number of aromatic amines is 1. The number of aryl methyl sites for hydroxylation is 1. The average Bonchev–Trinajstić information content (AvgIpc) is 2.29. The third-order valence-corrected chi connectivity index (χ3v) is 3.81. The molecule has 2 aromatic rings. The Morgan fingerprint density at radius 1 is 1.50 bits per heavy atom. The first-order valence-electron chi connectivity index (χ1n) is 4.63. The van der Waals surface area contributed by atoms with Gasteiger partial charge in [0, 0.05) is 17.7 Å². The van der Waals surface area contributed by atoms with Crippen LogP contribution in [0.1, 0.15) is 0 Å². The SMILES string of the molecule is Cn1[nH]c(=O)c(=O)nc1Sc1ncc(Br)cc1Cl. The number of hydrogen-bond acceptors (Lipinski definition) is 5. The van der Waals surface area contributed by atoms with Gasteiger partial charge in [0.15, 0.2) is 5.16 Å². The van der Waals surface area contributed by atoms with Crippen molar-refractivity contribution in [2.24, 2.45) is 7.05 Å². The lowest BCUT2D eigenvalue weighted by Gasteiger charge is -2.06. The molecule has 94 valence electrons. The monoisotopic (exact) mass is 348 g/mol. The van der Waals surface area contributed by atoms with Crippen LogP contribution in [0.5, 0.6) is 0 Å². The molecule has 0 spiro atoms.